The van der Waals surface area contributed by atoms with Crippen LogP contribution in [0.25, 0.3) is 10.2 Å². The molecule has 1 saturated carbocycles. The van der Waals surface area contributed by atoms with E-state index in [-0.39, 0.29) is 12.2 Å². The molecule has 0 spiro atoms. The van der Waals surface area contributed by atoms with Crippen LogP contribution in [0, 0.1) is 0 Å². The Kier molecular flexibility index (Phi) is 7.27. The van der Waals surface area contributed by atoms with Gasteiger partial charge in [-0.15, -0.1) is 11.3 Å². The summed E-state index contributed by atoms with van der Waals surface area (Å²) in [5.41, 5.74) is 3.01. The van der Waals surface area contributed by atoms with Crippen LogP contribution in [0.15, 0.2) is 24.3 Å². The Bertz CT molecular complexity index is 1320. The number of amides is 1. The van der Waals surface area contributed by atoms with Crippen molar-refractivity contribution >= 4 is 45.0 Å². The molecule has 0 radical (unpaired) electrons. The number of hydrogen-bond acceptors (Lipinski definition) is 8. The highest BCUT2D eigenvalue weighted by Crippen LogP contribution is 2.42. The normalized spacial score (nSPS) is 18.3. The summed E-state index contributed by atoms with van der Waals surface area (Å²) in [6.45, 7) is 8.55. The van der Waals surface area contributed by atoms with E-state index in [1.54, 1.807) is 16.2 Å². The lowest BCUT2D eigenvalue weighted by molar-refractivity contribution is 0.0240. The number of aryl methyl sites for hydroxylation is 2. The molecule has 8 nitrogen and oxygen atoms in total. The molecule has 9 heteroatoms. The maximum Gasteiger partial charge on any atom is 0.410 e. The summed E-state index contributed by atoms with van der Waals surface area (Å²) in [6.07, 6.45) is 9.43. The predicted molar refractivity (Wildman–Crippen MR) is 157 cm³/mol. The van der Waals surface area contributed by atoms with Gasteiger partial charge >= 0.3 is 6.09 Å². The van der Waals surface area contributed by atoms with Gasteiger partial charge in [-0.2, -0.15) is 4.98 Å². The third-order valence-corrected chi connectivity index (χ3v) is 8.97. The van der Waals surface area contributed by atoms with Crippen LogP contribution in [0.1, 0.15) is 69.7 Å². The summed E-state index contributed by atoms with van der Waals surface area (Å²) in [5.74, 6) is 1.35. The minimum atomic E-state index is -0.475. The van der Waals surface area contributed by atoms with Crippen LogP contribution < -0.4 is 15.0 Å². The number of nitrogens with one attached hydrogen (secondary N) is 1. The second-order valence-corrected chi connectivity index (χ2v) is 13.0. The highest BCUT2D eigenvalue weighted by atomic mass is 32.1. The van der Waals surface area contributed by atoms with Gasteiger partial charge in [0.15, 0.2) is 0 Å². The van der Waals surface area contributed by atoms with Gasteiger partial charge in [-0.3, -0.25) is 0 Å². The molecule has 1 N–H and O–H groups in total. The topological polar surface area (TPSA) is 79.8 Å². The molecule has 3 aromatic rings. The van der Waals surface area contributed by atoms with Crippen molar-refractivity contribution in [3.63, 3.8) is 0 Å². The van der Waals surface area contributed by atoms with Crippen molar-refractivity contribution in [1.82, 2.24) is 14.9 Å². The molecule has 0 bridgehead atoms. The average Bonchev–Trinajstić information content (AvgIpc) is 3.50. The first-order valence-corrected chi connectivity index (χ1v) is 15.2. The van der Waals surface area contributed by atoms with Crippen LogP contribution in [0.4, 0.5) is 22.1 Å². The van der Waals surface area contributed by atoms with Crippen LogP contribution in [0.5, 0.6) is 5.88 Å². The number of benzene rings is 1. The van der Waals surface area contributed by atoms with Crippen LogP contribution in [0.3, 0.4) is 0 Å². The van der Waals surface area contributed by atoms with Gasteiger partial charge in [0.2, 0.25) is 11.8 Å². The number of aromatic nitrogens is 2. The molecule has 1 saturated heterocycles. The van der Waals surface area contributed by atoms with Gasteiger partial charge in [0.1, 0.15) is 16.5 Å². The summed E-state index contributed by atoms with van der Waals surface area (Å²) in [6, 6.07) is 8.37. The molecule has 2 aromatic heterocycles. The maximum absolute atomic E-state index is 12.4. The molecule has 0 unspecified atom stereocenters. The minimum absolute atomic E-state index is 0.235. The summed E-state index contributed by atoms with van der Waals surface area (Å²) in [7, 11) is 0. The van der Waals surface area contributed by atoms with Gasteiger partial charge in [-0.05, 0) is 95.5 Å². The van der Waals surface area contributed by atoms with E-state index in [0.717, 1.165) is 66.2 Å². The van der Waals surface area contributed by atoms with Crippen LogP contribution in [-0.2, 0) is 17.6 Å². The number of hydrogen-bond donors (Lipinski definition) is 1. The number of carbonyl (C=O) groups excluding carboxylic acids is 1. The summed E-state index contributed by atoms with van der Waals surface area (Å²) >= 11 is 1.80. The first-order valence-electron chi connectivity index (χ1n) is 14.4. The number of ether oxygens (including phenoxy) is 2. The first kappa shape index (κ1) is 26.2. The van der Waals surface area contributed by atoms with Gasteiger partial charge < -0.3 is 24.6 Å². The Morgan fingerprint density at radius 1 is 0.974 bits per heavy atom. The van der Waals surface area contributed by atoms with E-state index in [2.05, 4.69) is 34.5 Å². The van der Waals surface area contributed by atoms with E-state index in [0.29, 0.717) is 19.0 Å². The van der Waals surface area contributed by atoms with Crippen LogP contribution in [0.2, 0.25) is 0 Å². The largest absolute Gasteiger partial charge is 0.474 e. The number of thiophene rings is 1. The fraction of sp³-hybridized carbons (Fsp3) is 0.567. The number of fused-ring (bicyclic) bond motifs is 3. The van der Waals surface area contributed by atoms with Gasteiger partial charge in [-0.1, -0.05) is 6.42 Å². The predicted octanol–water partition coefficient (Wildman–Crippen LogP) is 6.69. The van der Waals surface area contributed by atoms with Crippen LogP contribution in [-0.4, -0.2) is 58.8 Å². The molecule has 2 aliphatic carbocycles. The molecule has 3 heterocycles. The monoisotopic (exact) mass is 549 g/mol. The zero-order valence-electron chi connectivity index (χ0n) is 23.3. The maximum atomic E-state index is 12.4. The SMILES string of the molecule is CC(C)(C)OC(=O)N1CCN(c2ccc(Nc3nc(OC4CCCCC4)c4c5c(sc4n3)CCC5)cc2)CC1. The van der Waals surface area contributed by atoms with E-state index in [4.69, 9.17) is 19.4 Å². The summed E-state index contributed by atoms with van der Waals surface area (Å²) in [4.78, 5) is 28.8. The summed E-state index contributed by atoms with van der Waals surface area (Å²) < 4.78 is 12.1. The van der Waals surface area contributed by atoms with Gasteiger partial charge in [0.05, 0.1) is 5.39 Å². The van der Waals surface area contributed by atoms with Crippen molar-refractivity contribution in [2.24, 2.45) is 0 Å². The van der Waals surface area contributed by atoms with Gasteiger partial charge in [0, 0.05) is 42.4 Å². The average molecular weight is 550 g/mol. The second-order valence-electron chi connectivity index (χ2n) is 11.9. The van der Waals surface area contributed by atoms with Crippen molar-refractivity contribution in [2.45, 2.75) is 83.8 Å². The first-order chi connectivity index (χ1) is 18.8. The van der Waals surface area contributed by atoms with Crippen molar-refractivity contribution in [2.75, 3.05) is 36.4 Å². The Morgan fingerprint density at radius 3 is 2.44 bits per heavy atom. The van der Waals surface area contributed by atoms with E-state index < -0.39 is 5.60 Å². The zero-order chi connectivity index (χ0) is 27.0. The van der Waals surface area contributed by atoms with Crippen LogP contribution >= 0.6 is 11.3 Å². The molecule has 6 rings (SSSR count). The molecule has 0 atom stereocenters. The number of anilines is 3. The van der Waals surface area contributed by atoms with E-state index >= 15 is 0 Å². The van der Waals surface area contributed by atoms with E-state index in [9.17, 15) is 4.79 Å². The number of carbonyl (C=O) groups is 1. The van der Waals surface area contributed by atoms with E-state index in [1.165, 1.54) is 36.1 Å². The Hall–Kier alpha value is -3.07. The number of nitrogens with zero attached hydrogens (tertiary/aromatic N) is 4. The van der Waals surface area contributed by atoms with Gasteiger partial charge in [-0.25, -0.2) is 9.78 Å². The van der Waals surface area contributed by atoms with Crippen molar-refractivity contribution in [3.8, 4) is 5.88 Å². The lowest BCUT2D eigenvalue weighted by Gasteiger charge is -2.36. The number of piperazine rings is 1. The molecule has 1 aliphatic heterocycles. The molecular weight excluding hydrogens is 510 g/mol. The lowest BCUT2D eigenvalue weighted by Crippen LogP contribution is -2.50. The Balaban J connectivity index is 1.14. The molecule has 39 heavy (non-hydrogen) atoms. The molecule has 208 valence electrons. The van der Waals surface area contributed by atoms with Gasteiger partial charge in [0.25, 0.3) is 0 Å². The lowest BCUT2D eigenvalue weighted by atomic mass is 9.98. The molecular formula is C30H39N5O3S. The van der Waals surface area contributed by atoms with E-state index in [1.807, 2.05) is 20.8 Å². The zero-order valence-corrected chi connectivity index (χ0v) is 24.1. The third kappa shape index (κ3) is 5.93. The molecule has 1 aromatic carbocycles. The van der Waals surface area contributed by atoms with Crippen molar-refractivity contribution in [1.29, 1.82) is 0 Å². The Labute approximate surface area is 234 Å². The van der Waals surface area contributed by atoms with Crippen molar-refractivity contribution in [3.05, 3.63) is 34.7 Å². The minimum Gasteiger partial charge on any atom is -0.474 e. The Morgan fingerprint density at radius 2 is 1.72 bits per heavy atom. The molecule has 2 fully saturated rings. The fourth-order valence-electron chi connectivity index (χ4n) is 5.80. The highest BCUT2D eigenvalue weighted by Gasteiger charge is 2.27. The highest BCUT2D eigenvalue weighted by molar-refractivity contribution is 7.19. The third-order valence-electron chi connectivity index (χ3n) is 7.78. The quantitative estimate of drug-likeness (QED) is 0.380. The fourth-order valence-corrected chi connectivity index (χ4v) is 7.05. The smallest absolute Gasteiger partial charge is 0.410 e. The molecule has 1 amide bonds. The second kappa shape index (κ2) is 10.8. The van der Waals surface area contributed by atoms with Crippen molar-refractivity contribution < 1.29 is 14.3 Å². The number of rotatable bonds is 5. The standard InChI is InChI=1S/C30H39N5O3S/c1-30(2,3)38-29(36)35-18-16-34(17-19-35)21-14-12-20(13-15-21)31-28-32-26(37-22-8-5-4-6-9-22)25-23-10-7-11-24(23)39-27(25)33-28/h12-15,22H,4-11,16-19H2,1-3H3,(H,31,32,33). The summed E-state index contributed by atoms with van der Waals surface area (Å²) in [5, 5.41) is 4.57. The molecule has 3 aliphatic rings.